The van der Waals surface area contributed by atoms with Crippen LogP contribution in [0.25, 0.3) is 0 Å². The van der Waals surface area contributed by atoms with Gasteiger partial charge in [0.25, 0.3) is 0 Å². The molecule has 0 unspecified atom stereocenters. The van der Waals surface area contributed by atoms with E-state index >= 15 is 0 Å². The second-order valence-electron chi connectivity index (χ2n) is 3.79. The van der Waals surface area contributed by atoms with Crippen LogP contribution < -0.4 is 5.32 Å². The Bertz CT molecular complexity index is 167. The summed E-state index contributed by atoms with van der Waals surface area (Å²) < 4.78 is 0. The quantitative estimate of drug-likeness (QED) is 0.561. The van der Waals surface area contributed by atoms with E-state index in [2.05, 4.69) is 5.32 Å². The van der Waals surface area contributed by atoms with Gasteiger partial charge in [0, 0.05) is 12.8 Å². The topological polar surface area (TPSA) is 29.1 Å². The van der Waals surface area contributed by atoms with Gasteiger partial charge in [-0.3, -0.25) is 4.79 Å². The summed E-state index contributed by atoms with van der Waals surface area (Å²) >= 11 is 0. The molecular formula is C9H15NO. The normalized spacial score (nSPS) is 38.4. The standard InChI is InChI=1S/C9H15NO/c11-9-2-1-8-6-10-4-3-7(8)5-9/h7-8,10H,1-6H2/t7-,8+/m1/s1. The lowest BCUT2D eigenvalue weighted by Gasteiger charge is -2.35. The molecule has 1 saturated heterocycles. The lowest BCUT2D eigenvalue weighted by molar-refractivity contribution is -0.123. The minimum absolute atomic E-state index is 0.494. The highest BCUT2D eigenvalue weighted by atomic mass is 16.1. The van der Waals surface area contributed by atoms with Crippen LogP contribution in [-0.2, 0) is 4.79 Å². The van der Waals surface area contributed by atoms with Crippen molar-refractivity contribution in [2.75, 3.05) is 13.1 Å². The smallest absolute Gasteiger partial charge is 0.133 e. The van der Waals surface area contributed by atoms with E-state index in [1.165, 1.54) is 6.42 Å². The van der Waals surface area contributed by atoms with Crippen LogP contribution in [0.3, 0.4) is 0 Å². The Morgan fingerprint density at radius 2 is 2.18 bits per heavy atom. The van der Waals surface area contributed by atoms with Crippen molar-refractivity contribution in [3.8, 4) is 0 Å². The third-order valence-electron chi connectivity index (χ3n) is 3.05. The summed E-state index contributed by atoms with van der Waals surface area (Å²) in [4.78, 5) is 11.1. The number of carbonyl (C=O) groups excluding carboxylic acids is 1. The van der Waals surface area contributed by atoms with E-state index < -0.39 is 0 Å². The fraction of sp³-hybridized carbons (Fsp3) is 0.889. The Kier molecular flexibility index (Phi) is 1.95. The first-order chi connectivity index (χ1) is 5.36. The van der Waals surface area contributed by atoms with Crippen LogP contribution in [0, 0.1) is 11.8 Å². The van der Waals surface area contributed by atoms with Gasteiger partial charge in [-0.2, -0.15) is 0 Å². The van der Waals surface area contributed by atoms with Crippen molar-refractivity contribution in [2.45, 2.75) is 25.7 Å². The first kappa shape index (κ1) is 7.29. The van der Waals surface area contributed by atoms with Crippen molar-refractivity contribution in [3.63, 3.8) is 0 Å². The number of hydrogen-bond acceptors (Lipinski definition) is 2. The molecule has 1 N–H and O–H groups in total. The zero-order chi connectivity index (χ0) is 7.68. The summed E-state index contributed by atoms with van der Waals surface area (Å²) in [7, 11) is 0. The van der Waals surface area contributed by atoms with Crippen molar-refractivity contribution in [1.29, 1.82) is 0 Å². The molecule has 11 heavy (non-hydrogen) atoms. The van der Waals surface area contributed by atoms with Gasteiger partial charge in [-0.15, -0.1) is 0 Å². The third-order valence-corrected chi connectivity index (χ3v) is 3.05. The van der Waals surface area contributed by atoms with Gasteiger partial charge in [0.2, 0.25) is 0 Å². The molecule has 2 atom stereocenters. The van der Waals surface area contributed by atoms with Crippen LogP contribution in [0.1, 0.15) is 25.7 Å². The zero-order valence-corrected chi connectivity index (χ0v) is 6.81. The van der Waals surface area contributed by atoms with Crippen LogP contribution in [-0.4, -0.2) is 18.9 Å². The molecule has 2 fully saturated rings. The van der Waals surface area contributed by atoms with E-state index in [0.29, 0.717) is 5.78 Å². The monoisotopic (exact) mass is 153 g/mol. The van der Waals surface area contributed by atoms with Gasteiger partial charge in [-0.05, 0) is 37.8 Å². The summed E-state index contributed by atoms with van der Waals surface area (Å²) in [5, 5.41) is 3.39. The number of piperidine rings is 1. The molecule has 0 amide bonds. The van der Waals surface area contributed by atoms with Gasteiger partial charge in [0.05, 0.1) is 0 Å². The fourth-order valence-electron chi connectivity index (χ4n) is 2.32. The van der Waals surface area contributed by atoms with Crippen molar-refractivity contribution >= 4 is 5.78 Å². The van der Waals surface area contributed by atoms with Gasteiger partial charge < -0.3 is 5.32 Å². The molecule has 0 spiro atoms. The molecule has 2 nitrogen and oxygen atoms in total. The van der Waals surface area contributed by atoms with Gasteiger partial charge in [-0.25, -0.2) is 0 Å². The van der Waals surface area contributed by atoms with Crippen molar-refractivity contribution < 1.29 is 4.79 Å². The van der Waals surface area contributed by atoms with Gasteiger partial charge in [-0.1, -0.05) is 0 Å². The van der Waals surface area contributed by atoms with E-state index in [-0.39, 0.29) is 0 Å². The molecule has 0 bridgehead atoms. The van der Waals surface area contributed by atoms with Gasteiger partial charge in [0.15, 0.2) is 0 Å². The van der Waals surface area contributed by atoms with Crippen molar-refractivity contribution in [1.82, 2.24) is 5.32 Å². The summed E-state index contributed by atoms with van der Waals surface area (Å²) in [6.45, 7) is 2.27. The first-order valence-corrected chi connectivity index (χ1v) is 4.58. The molecule has 1 heterocycles. The Balaban J connectivity index is 1.98. The molecule has 0 radical (unpaired) electrons. The Morgan fingerprint density at radius 3 is 3.09 bits per heavy atom. The van der Waals surface area contributed by atoms with Gasteiger partial charge in [0.1, 0.15) is 5.78 Å². The number of hydrogen-bond donors (Lipinski definition) is 1. The summed E-state index contributed by atoms with van der Waals surface area (Å²) in [5.41, 5.74) is 0. The Labute approximate surface area is 67.4 Å². The third kappa shape index (κ3) is 1.45. The molecular weight excluding hydrogens is 138 g/mol. The highest BCUT2D eigenvalue weighted by molar-refractivity contribution is 5.79. The predicted molar refractivity (Wildman–Crippen MR) is 43.3 cm³/mol. The fourth-order valence-corrected chi connectivity index (χ4v) is 2.32. The Morgan fingerprint density at radius 1 is 1.27 bits per heavy atom. The van der Waals surface area contributed by atoms with Crippen LogP contribution in [0.4, 0.5) is 0 Å². The minimum atomic E-state index is 0.494. The average molecular weight is 153 g/mol. The van der Waals surface area contributed by atoms with Crippen molar-refractivity contribution in [2.24, 2.45) is 11.8 Å². The second-order valence-corrected chi connectivity index (χ2v) is 3.79. The summed E-state index contributed by atoms with van der Waals surface area (Å²) in [6, 6.07) is 0. The summed E-state index contributed by atoms with van der Waals surface area (Å²) in [6.07, 6.45) is 4.06. The highest BCUT2D eigenvalue weighted by Gasteiger charge is 2.30. The molecule has 0 aromatic heterocycles. The maximum absolute atomic E-state index is 11.1. The van der Waals surface area contributed by atoms with E-state index in [4.69, 9.17) is 0 Å². The van der Waals surface area contributed by atoms with Crippen LogP contribution in [0.15, 0.2) is 0 Å². The number of nitrogens with one attached hydrogen (secondary N) is 1. The largest absolute Gasteiger partial charge is 0.316 e. The molecule has 0 aromatic rings. The van der Waals surface area contributed by atoms with E-state index in [9.17, 15) is 4.79 Å². The maximum atomic E-state index is 11.1. The number of carbonyl (C=O) groups is 1. The number of rotatable bonds is 0. The molecule has 2 rings (SSSR count). The summed E-state index contributed by atoms with van der Waals surface area (Å²) in [5.74, 6) is 2.02. The second kappa shape index (κ2) is 2.94. The SMILES string of the molecule is O=C1CC[C@H]2CNCC[C@@H]2C1. The Hall–Kier alpha value is -0.370. The molecule has 1 aliphatic carbocycles. The molecule has 62 valence electrons. The lowest BCUT2D eigenvalue weighted by atomic mass is 9.75. The van der Waals surface area contributed by atoms with Crippen LogP contribution in [0.2, 0.25) is 0 Å². The highest BCUT2D eigenvalue weighted by Crippen LogP contribution is 2.31. The molecule has 2 heteroatoms. The van der Waals surface area contributed by atoms with Gasteiger partial charge >= 0.3 is 0 Å². The minimum Gasteiger partial charge on any atom is -0.316 e. The van der Waals surface area contributed by atoms with E-state index in [1.807, 2.05) is 0 Å². The number of ketones is 1. The number of Topliss-reactive ketones (excluding diaryl/α,β-unsaturated/α-hetero) is 1. The van der Waals surface area contributed by atoms with Crippen LogP contribution in [0.5, 0.6) is 0 Å². The maximum Gasteiger partial charge on any atom is 0.133 e. The predicted octanol–water partition coefficient (Wildman–Crippen LogP) is 0.965. The first-order valence-electron chi connectivity index (χ1n) is 4.58. The molecule has 1 saturated carbocycles. The number of fused-ring (bicyclic) bond motifs is 1. The average Bonchev–Trinajstić information content (AvgIpc) is 2.04. The molecule has 1 aliphatic heterocycles. The lowest BCUT2D eigenvalue weighted by Crippen LogP contribution is -2.40. The van der Waals surface area contributed by atoms with E-state index in [1.54, 1.807) is 0 Å². The van der Waals surface area contributed by atoms with Crippen LogP contribution >= 0.6 is 0 Å². The molecule has 2 aliphatic rings. The van der Waals surface area contributed by atoms with E-state index in [0.717, 1.165) is 44.2 Å². The molecule has 0 aromatic carbocycles. The van der Waals surface area contributed by atoms with Crippen molar-refractivity contribution in [3.05, 3.63) is 0 Å². The zero-order valence-electron chi connectivity index (χ0n) is 6.81.